The van der Waals surface area contributed by atoms with Gasteiger partial charge in [-0.1, -0.05) is 42.5 Å². The fourth-order valence-electron chi connectivity index (χ4n) is 2.00. The van der Waals surface area contributed by atoms with Gasteiger partial charge in [-0.15, -0.1) is 0 Å². The fraction of sp³-hybridized carbons (Fsp3) is 0. The number of hydrogen-bond acceptors (Lipinski definition) is 2. The number of rotatable bonds is 2. The normalized spacial score (nSPS) is 10.4. The van der Waals surface area contributed by atoms with Crippen LogP contribution in [0.5, 0.6) is 0 Å². The van der Waals surface area contributed by atoms with E-state index in [1.165, 1.54) is 18.5 Å². The fourth-order valence-corrected chi connectivity index (χ4v) is 2.00. The third kappa shape index (κ3) is 2.36. The average molecular weight is 250 g/mol. The van der Waals surface area contributed by atoms with E-state index in [2.05, 4.69) is 9.97 Å². The number of halogens is 1. The third-order valence-electron chi connectivity index (χ3n) is 2.91. The van der Waals surface area contributed by atoms with Crippen LogP contribution in [-0.2, 0) is 0 Å². The minimum absolute atomic E-state index is 0.248. The molecular formula is C16H11FN2. The minimum Gasteiger partial charge on any atom is -0.244 e. The molecule has 0 amide bonds. The quantitative estimate of drug-likeness (QED) is 0.688. The largest absolute Gasteiger partial charge is 0.244 e. The molecule has 0 atom stereocenters. The summed E-state index contributed by atoms with van der Waals surface area (Å²) in [5, 5.41) is 0. The van der Waals surface area contributed by atoms with Gasteiger partial charge in [0, 0.05) is 17.3 Å². The van der Waals surface area contributed by atoms with E-state index in [1.54, 1.807) is 18.3 Å². The number of hydrogen-bond donors (Lipinski definition) is 0. The van der Waals surface area contributed by atoms with Crippen LogP contribution in [0.4, 0.5) is 4.39 Å². The molecule has 3 aromatic rings. The van der Waals surface area contributed by atoms with Crippen LogP contribution in [-0.4, -0.2) is 9.97 Å². The lowest BCUT2D eigenvalue weighted by molar-refractivity contribution is 0.628. The van der Waals surface area contributed by atoms with Gasteiger partial charge >= 0.3 is 0 Å². The standard InChI is InChI=1S/C16H11FN2/c17-14-8-6-12(7-9-14)15-10-18-11-19-16(15)13-4-2-1-3-5-13/h1-11H. The second kappa shape index (κ2) is 4.98. The molecule has 2 nitrogen and oxygen atoms in total. The highest BCUT2D eigenvalue weighted by Gasteiger charge is 2.08. The van der Waals surface area contributed by atoms with Gasteiger partial charge in [0.15, 0.2) is 0 Å². The monoisotopic (exact) mass is 250 g/mol. The lowest BCUT2D eigenvalue weighted by Crippen LogP contribution is -1.90. The van der Waals surface area contributed by atoms with E-state index in [0.29, 0.717) is 0 Å². The molecule has 0 unspecified atom stereocenters. The summed E-state index contributed by atoms with van der Waals surface area (Å²) in [5.74, 6) is -0.248. The number of aromatic nitrogens is 2. The molecule has 0 fully saturated rings. The Labute approximate surface area is 110 Å². The molecular weight excluding hydrogens is 239 g/mol. The van der Waals surface area contributed by atoms with E-state index in [0.717, 1.165) is 22.4 Å². The number of nitrogens with zero attached hydrogens (tertiary/aromatic N) is 2. The zero-order valence-corrected chi connectivity index (χ0v) is 10.1. The van der Waals surface area contributed by atoms with E-state index in [1.807, 2.05) is 30.3 Å². The van der Waals surface area contributed by atoms with Crippen molar-refractivity contribution < 1.29 is 4.39 Å². The Morgan fingerprint density at radius 1 is 0.789 bits per heavy atom. The van der Waals surface area contributed by atoms with E-state index in [9.17, 15) is 4.39 Å². The Kier molecular flexibility index (Phi) is 3.02. The van der Waals surface area contributed by atoms with Crippen molar-refractivity contribution in [3.8, 4) is 22.4 Å². The van der Waals surface area contributed by atoms with Crippen molar-refractivity contribution in [3.05, 3.63) is 72.9 Å². The molecule has 2 aromatic carbocycles. The molecule has 0 aliphatic rings. The second-order valence-electron chi connectivity index (χ2n) is 4.16. The highest BCUT2D eigenvalue weighted by molar-refractivity contribution is 5.79. The van der Waals surface area contributed by atoms with Gasteiger partial charge in [0.05, 0.1) is 5.69 Å². The van der Waals surface area contributed by atoms with Crippen LogP contribution in [0, 0.1) is 5.82 Å². The summed E-state index contributed by atoms with van der Waals surface area (Å²) in [5.41, 5.74) is 3.67. The molecule has 19 heavy (non-hydrogen) atoms. The first-order valence-electron chi connectivity index (χ1n) is 5.96. The van der Waals surface area contributed by atoms with Gasteiger partial charge in [-0.3, -0.25) is 0 Å². The van der Waals surface area contributed by atoms with Crippen molar-refractivity contribution in [3.63, 3.8) is 0 Å². The van der Waals surface area contributed by atoms with Gasteiger partial charge in [0.25, 0.3) is 0 Å². The Bertz CT molecular complexity index is 679. The Morgan fingerprint density at radius 2 is 1.53 bits per heavy atom. The zero-order chi connectivity index (χ0) is 13.1. The van der Waals surface area contributed by atoms with E-state index >= 15 is 0 Å². The molecule has 0 aliphatic carbocycles. The minimum atomic E-state index is -0.248. The maximum Gasteiger partial charge on any atom is 0.123 e. The molecule has 92 valence electrons. The lowest BCUT2D eigenvalue weighted by atomic mass is 10.0. The summed E-state index contributed by atoms with van der Waals surface area (Å²) in [4.78, 5) is 8.41. The van der Waals surface area contributed by atoms with Gasteiger partial charge in [0.1, 0.15) is 12.1 Å². The molecule has 1 heterocycles. The van der Waals surface area contributed by atoms with E-state index in [-0.39, 0.29) is 5.82 Å². The molecule has 3 heteroatoms. The summed E-state index contributed by atoms with van der Waals surface area (Å²) in [7, 11) is 0. The first-order chi connectivity index (χ1) is 9.34. The van der Waals surface area contributed by atoms with Crippen molar-refractivity contribution in [1.29, 1.82) is 0 Å². The Morgan fingerprint density at radius 3 is 2.26 bits per heavy atom. The summed E-state index contributed by atoms with van der Waals surface area (Å²) in [6.07, 6.45) is 3.28. The molecule has 1 aromatic heterocycles. The Balaban J connectivity index is 2.15. The molecule has 3 rings (SSSR count). The van der Waals surface area contributed by atoms with Crippen molar-refractivity contribution in [2.45, 2.75) is 0 Å². The van der Waals surface area contributed by atoms with Crippen LogP contribution in [0.2, 0.25) is 0 Å². The average Bonchev–Trinajstić information content (AvgIpc) is 2.49. The number of benzene rings is 2. The predicted molar refractivity (Wildman–Crippen MR) is 72.9 cm³/mol. The smallest absolute Gasteiger partial charge is 0.123 e. The van der Waals surface area contributed by atoms with E-state index < -0.39 is 0 Å². The first-order valence-corrected chi connectivity index (χ1v) is 5.96. The molecule has 0 radical (unpaired) electrons. The van der Waals surface area contributed by atoms with Crippen LogP contribution < -0.4 is 0 Å². The van der Waals surface area contributed by atoms with E-state index in [4.69, 9.17) is 0 Å². The van der Waals surface area contributed by atoms with Crippen LogP contribution in [0.1, 0.15) is 0 Å². The van der Waals surface area contributed by atoms with Crippen molar-refractivity contribution in [2.75, 3.05) is 0 Å². The third-order valence-corrected chi connectivity index (χ3v) is 2.91. The topological polar surface area (TPSA) is 25.8 Å². The molecule has 0 saturated heterocycles. The lowest BCUT2D eigenvalue weighted by Gasteiger charge is -2.08. The molecule has 0 aliphatic heterocycles. The predicted octanol–water partition coefficient (Wildman–Crippen LogP) is 3.95. The maximum absolute atomic E-state index is 13.0. The second-order valence-corrected chi connectivity index (χ2v) is 4.16. The SMILES string of the molecule is Fc1ccc(-c2cncnc2-c2ccccc2)cc1. The maximum atomic E-state index is 13.0. The summed E-state index contributed by atoms with van der Waals surface area (Å²) in [6, 6.07) is 16.2. The highest BCUT2D eigenvalue weighted by Crippen LogP contribution is 2.29. The first kappa shape index (κ1) is 11.5. The van der Waals surface area contributed by atoms with Crippen LogP contribution in [0.15, 0.2) is 67.1 Å². The molecule has 0 bridgehead atoms. The van der Waals surface area contributed by atoms with Crippen LogP contribution in [0.3, 0.4) is 0 Å². The van der Waals surface area contributed by atoms with Crippen LogP contribution >= 0.6 is 0 Å². The van der Waals surface area contributed by atoms with Crippen LogP contribution in [0.25, 0.3) is 22.4 Å². The van der Waals surface area contributed by atoms with Gasteiger partial charge in [-0.25, -0.2) is 14.4 Å². The van der Waals surface area contributed by atoms with Crippen molar-refractivity contribution >= 4 is 0 Å². The molecule has 0 saturated carbocycles. The summed E-state index contributed by atoms with van der Waals surface area (Å²) < 4.78 is 13.0. The molecule has 0 N–H and O–H groups in total. The zero-order valence-electron chi connectivity index (χ0n) is 10.1. The van der Waals surface area contributed by atoms with Gasteiger partial charge in [-0.05, 0) is 17.7 Å². The van der Waals surface area contributed by atoms with Crippen molar-refractivity contribution in [2.24, 2.45) is 0 Å². The van der Waals surface area contributed by atoms with Gasteiger partial charge in [0.2, 0.25) is 0 Å². The summed E-state index contributed by atoms with van der Waals surface area (Å²) >= 11 is 0. The highest BCUT2D eigenvalue weighted by atomic mass is 19.1. The summed E-state index contributed by atoms with van der Waals surface area (Å²) in [6.45, 7) is 0. The van der Waals surface area contributed by atoms with Gasteiger partial charge < -0.3 is 0 Å². The molecule has 0 spiro atoms. The Hall–Kier alpha value is -2.55. The van der Waals surface area contributed by atoms with Gasteiger partial charge in [-0.2, -0.15) is 0 Å². The van der Waals surface area contributed by atoms with Crippen molar-refractivity contribution in [1.82, 2.24) is 9.97 Å².